The number of nitrogen functional groups attached to an aromatic ring is 1. The van der Waals surface area contributed by atoms with Crippen molar-refractivity contribution in [2.75, 3.05) is 24.3 Å². The lowest BCUT2D eigenvalue weighted by Gasteiger charge is -2.40. The van der Waals surface area contributed by atoms with Gasteiger partial charge in [-0.15, -0.1) is 0 Å². The molecule has 4 heteroatoms. The predicted molar refractivity (Wildman–Crippen MR) is 79.9 cm³/mol. The first-order chi connectivity index (χ1) is 9.70. The quantitative estimate of drug-likeness (QED) is 0.665. The molecule has 2 aliphatic rings. The molecule has 2 atom stereocenters. The average Bonchev–Trinajstić information content (AvgIpc) is 2.95. The van der Waals surface area contributed by atoms with Gasteiger partial charge in [0.2, 0.25) is 0 Å². The molecule has 1 heterocycles. The number of benzene rings is 1. The predicted octanol–water partition coefficient (Wildman–Crippen LogP) is 2.82. The zero-order valence-electron chi connectivity index (χ0n) is 12.0. The summed E-state index contributed by atoms with van der Waals surface area (Å²) >= 11 is 0. The first-order valence-corrected chi connectivity index (χ1v) is 7.45. The lowest BCUT2D eigenvalue weighted by Crippen LogP contribution is -2.43. The minimum Gasteiger partial charge on any atom is -0.465 e. The van der Waals surface area contributed by atoms with Crippen LogP contribution in [-0.4, -0.2) is 25.7 Å². The van der Waals surface area contributed by atoms with Gasteiger partial charge in [-0.2, -0.15) is 0 Å². The van der Waals surface area contributed by atoms with E-state index in [-0.39, 0.29) is 5.97 Å². The number of carbonyl (C=O) groups excluding carboxylic acids is 1. The smallest absolute Gasteiger partial charge is 0.337 e. The van der Waals surface area contributed by atoms with Crippen molar-refractivity contribution in [2.24, 2.45) is 5.92 Å². The van der Waals surface area contributed by atoms with E-state index in [0.717, 1.165) is 23.8 Å². The Bertz CT molecular complexity index is 515. The number of hydrogen-bond acceptors (Lipinski definition) is 4. The number of esters is 1. The highest BCUT2D eigenvalue weighted by molar-refractivity contribution is 5.92. The maximum absolute atomic E-state index is 11.7. The number of methoxy groups -OCH3 is 1. The van der Waals surface area contributed by atoms with Crippen molar-refractivity contribution in [2.45, 2.75) is 38.1 Å². The number of fused-ring (bicyclic) bond motifs is 1. The number of nitrogens with zero attached hydrogens (tertiary/aromatic N) is 1. The molecule has 2 fully saturated rings. The van der Waals surface area contributed by atoms with Crippen LogP contribution in [0.4, 0.5) is 11.4 Å². The average molecular weight is 274 g/mol. The molecule has 2 N–H and O–H groups in total. The molecule has 1 saturated heterocycles. The van der Waals surface area contributed by atoms with E-state index in [1.54, 1.807) is 6.07 Å². The van der Waals surface area contributed by atoms with Gasteiger partial charge in [-0.05, 0) is 49.8 Å². The van der Waals surface area contributed by atoms with E-state index in [9.17, 15) is 4.79 Å². The van der Waals surface area contributed by atoms with E-state index in [1.165, 1.54) is 39.2 Å². The molecular formula is C16H22N2O2. The second-order valence-electron chi connectivity index (χ2n) is 5.86. The maximum atomic E-state index is 11.7. The Morgan fingerprint density at radius 2 is 2.10 bits per heavy atom. The molecule has 1 aromatic carbocycles. The molecule has 0 amide bonds. The Labute approximate surface area is 119 Å². The first-order valence-electron chi connectivity index (χ1n) is 7.45. The van der Waals surface area contributed by atoms with E-state index in [2.05, 4.69) is 4.90 Å². The summed E-state index contributed by atoms with van der Waals surface area (Å²) in [7, 11) is 1.41. The lowest BCUT2D eigenvalue weighted by atomic mass is 9.91. The summed E-state index contributed by atoms with van der Waals surface area (Å²) in [5, 5.41) is 0. The number of nitrogens with two attached hydrogens (primary N) is 1. The zero-order valence-corrected chi connectivity index (χ0v) is 12.0. The van der Waals surface area contributed by atoms with Crippen LogP contribution in [0.2, 0.25) is 0 Å². The number of rotatable bonds is 2. The summed E-state index contributed by atoms with van der Waals surface area (Å²) in [5.74, 6) is 0.496. The van der Waals surface area contributed by atoms with E-state index in [0.29, 0.717) is 11.6 Å². The third kappa shape index (κ3) is 2.23. The van der Waals surface area contributed by atoms with Crippen LogP contribution in [0.5, 0.6) is 0 Å². The number of hydrogen-bond donors (Lipinski definition) is 1. The second-order valence-corrected chi connectivity index (χ2v) is 5.86. The fourth-order valence-corrected chi connectivity index (χ4v) is 3.79. The van der Waals surface area contributed by atoms with Crippen molar-refractivity contribution in [1.82, 2.24) is 0 Å². The van der Waals surface area contributed by atoms with E-state index < -0.39 is 0 Å². The van der Waals surface area contributed by atoms with Gasteiger partial charge in [-0.1, -0.05) is 6.42 Å². The molecule has 3 rings (SSSR count). The van der Waals surface area contributed by atoms with Gasteiger partial charge in [-0.25, -0.2) is 4.79 Å². The molecule has 0 bridgehead atoms. The van der Waals surface area contributed by atoms with Crippen LogP contribution in [-0.2, 0) is 4.74 Å². The van der Waals surface area contributed by atoms with Crippen molar-refractivity contribution < 1.29 is 9.53 Å². The lowest BCUT2D eigenvalue weighted by molar-refractivity contribution is 0.0601. The van der Waals surface area contributed by atoms with Crippen LogP contribution in [0.25, 0.3) is 0 Å². The summed E-state index contributed by atoms with van der Waals surface area (Å²) in [6, 6.07) is 6.04. The molecule has 0 aromatic heterocycles. The van der Waals surface area contributed by atoms with Crippen LogP contribution in [0.15, 0.2) is 18.2 Å². The van der Waals surface area contributed by atoms with Gasteiger partial charge in [0.25, 0.3) is 0 Å². The third-order valence-electron chi connectivity index (χ3n) is 4.75. The molecule has 1 saturated carbocycles. The number of piperidine rings is 1. The first kappa shape index (κ1) is 13.3. The van der Waals surface area contributed by atoms with Gasteiger partial charge >= 0.3 is 5.97 Å². The summed E-state index contributed by atoms with van der Waals surface area (Å²) in [4.78, 5) is 14.1. The summed E-state index contributed by atoms with van der Waals surface area (Å²) in [6.07, 6.45) is 6.42. The van der Waals surface area contributed by atoms with Crippen molar-refractivity contribution >= 4 is 17.3 Å². The van der Waals surface area contributed by atoms with Gasteiger partial charge in [0.05, 0.1) is 24.0 Å². The Balaban J connectivity index is 1.93. The van der Waals surface area contributed by atoms with Crippen LogP contribution in [0, 0.1) is 5.92 Å². The number of anilines is 2. The molecule has 1 aliphatic carbocycles. The maximum Gasteiger partial charge on any atom is 0.337 e. The fraction of sp³-hybridized carbons (Fsp3) is 0.562. The minimum absolute atomic E-state index is 0.300. The molecule has 1 aliphatic heterocycles. The minimum atomic E-state index is -0.300. The van der Waals surface area contributed by atoms with Crippen molar-refractivity contribution in [3.05, 3.63) is 23.8 Å². The van der Waals surface area contributed by atoms with Crippen LogP contribution < -0.4 is 10.6 Å². The van der Waals surface area contributed by atoms with Crippen molar-refractivity contribution in [1.29, 1.82) is 0 Å². The SMILES string of the molecule is COC(=O)c1ccc(N)c(N2CCCC3CCCC32)c1. The summed E-state index contributed by atoms with van der Waals surface area (Å²) in [6.45, 7) is 1.04. The number of ether oxygens (including phenoxy) is 1. The Morgan fingerprint density at radius 3 is 2.90 bits per heavy atom. The topological polar surface area (TPSA) is 55.6 Å². The molecule has 0 radical (unpaired) electrons. The van der Waals surface area contributed by atoms with Gasteiger partial charge in [0, 0.05) is 12.6 Å². The summed E-state index contributed by atoms with van der Waals surface area (Å²) in [5.41, 5.74) is 8.49. The van der Waals surface area contributed by atoms with E-state index >= 15 is 0 Å². The normalized spacial score (nSPS) is 25.4. The molecular weight excluding hydrogens is 252 g/mol. The largest absolute Gasteiger partial charge is 0.465 e. The van der Waals surface area contributed by atoms with Crippen LogP contribution in [0.3, 0.4) is 0 Å². The van der Waals surface area contributed by atoms with Gasteiger partial charge in [0.15, 0.2) is 0 Å². The molecule has 20 heavy (non-hydrogen) atoms. The standard InChI is InChI=1S/C16H22N2O2/c1-20-16(19)12-7-8-13(17)15(10-12)18-9-3-5-11-4-2-6-14(11)18/h7-8,10-11,14H,2-6,9,17H2,1H3. The summed E-state index contributed by atoms with van der Waals surface area (Å²) < 4.78 is 4.81. The zero-order chi connectivity index (χ0) is 14.1. The highest BCUT2D eigenvalue weighted by atomic mass is 16.5. The van der Waals surface area contributed by atoms with Crippen molar-refractivity contribution in [3.63, 3.8) is 0 Å². The third-order valence-corrected chi connectivity index (χ3v) is 4.75. The van der Waals surface area contributed by atoms with Gasteiger partial charge < -0.3 is 15.4 Å². The molecule has 2 unspecified atom stereocenters. The van der Waals surface area contributed by atoms with Gasteiger partial charge in [0.1, 0.15) is 0 Å². The van der Waals surface area contributed by atoms with Crippen molar-refractivity contribution in [3.8, 4) is 0 Å². The molecule has 4 nitrogen and oxygen atoms in total. The Kier molecular flexibility index (Phi) is 3.55. The highest BCUT2D eigenvalue weighted by Gasteiger charge is 2.35. The Hall–Kier alpha value is -1.71. The Morgan fingerprint density at radius 1 is 1.30 bits per heavy atom. The fourth-order valence-electron chi connectivity index (χ4n) is 3.79. The highest BCUT2D eigenvalue weighted by Crippen LogP contribution is 2.40. The van der Waals surface area contributed by atoms with E-state index in [1.807, 2.05) is 12.1 Å². The number of carbonyl (C=O) groups is 1. The van der Waals surface area contributed by atoms with Gasteiger partial charge in [-0.3, -0.25) is 0 Å². The molecule has 0 spiro atoms. The molecule has 1 aromatic rings. The van der Waals surface area contributed by atoms with Crippen LogP contribution >= 0.6 is 0 Å². The monoisotopic (exact) mass is 274 g/mol. The second kappa shape index (κ2) is 5.35. The van der Waals surface area contributed by atoms with E-state index in [4.69, 9.17) is 10.5 Å². The molecule has 108 valence electrons. The van der Waals surface area contributed by atoms with Crippen LogP contribution in [0.1, 0.15) is 42.5 Å².